The molecular formula is C11H12NOP. The highest BCUT2D eigenvalue weighted by Gasteiger charge is 2.17. The number of hydrogen-bond acceptors (Lipinski definition) is 2. The van der Waals surface area contributed by atoms with E-state index >= 15 is 0 Å². The van der Waals surface area contributed by atoms with Gasteiger partial charge >= 0.3 is 0 Å². The third-order valence-electron chi connectivity index (χ3n) is 2.20. The second kappa shape index (κ2) is 3.47. The van der Waals surface area contributed by atoms with E-state index in [0.29, 0.717) is 6.16 Å². The van der Waals surface area contributed by atoms with Crippen molar-refractivity contribution >= 4 is 12.8 Å². The van der Waals surface area contributed by atoms with E-state index < -0.39 is 7.14 Å². The molecule has 14 heavy (non-hydrogen) atoms. The fourth-order valence-corrected chi connectivity index (χ4v) is 3.33. The Morgan fingerprint density at radius 1 is 1.07 bits per heavy atom. The second-order valence-electron chi connectivity index (χ2n) is 3.44. The molecule has 3 heteroatoms. The maximum atomic E-state index is 12.1. The molecule has 0 saturated heterocycles. The van der Waals surface area contributed by atoms with Crippen LogP contribution in [0.2, 0.25) is 0 Å². The quantitative estimate of drug-likeness (QED) is 0.595. The van der Waals surface area contributed by atoms with Gasteiger partial charge in [-0.25, -0.2) is 0 Å². The lowest BCUT2D eigenvalue weighted by atomic mass is 10.2. The summed E-state index contributed by atoms with van der Waals surface area (Å²) in [6.45, 7) is 0. The summed E-state index contributed by atoms with van der Waals surface area (Å²) in [4.78, 5) is 0. The van der Waals surface area contributed by atoms with Crippen molar-refractivity contribution in [3.05, 3.63) is 53.6 Å². The Bertz CT molecular complexity index is 415. The number of rotatable bonds is 2. The minimum atomic E-state index is -2.21. The summed E-state index contributed by atoms with van der Waals surface area (Å²) in [5.74, 6) is 3.59. The highest BCUT2D eigenvalue weighted by molar-refractivity contribution is 7.69. The highest BCUT2D eigenvalue weighted by Crippen LogP contribution is 2.54. The molecule has 1 aliphatic heterocycles. The van der Waals surface area contributed by atoms with E-state index in [-0.39, 0.29) is 0 Å². The topological polar surface area (TPSA) is 43.1 Å². The van der Waals surface area contributed by atoms with Gasteiger partial charge in [-0.15, -0.1) is 0 Å². The smallest absolute Gasteiger partial charge is 0.133 e. The molecule has 0 fully saturated rings. The molecule has 0 amide bonds. The first-order chi connectivity index (χ1) is 6.68. The standard InChI is InChI=1S/C11H12NOP/c12-11-5-3-10(4-6-11)9-14(13)7-1-2-8-14/h1-8H,9,12H2. The molecule has 2 rings (SSSR count). The molecular weight excluding hydrogens is 193 g/mol. The van der Waals surface area contributed by atoms with Gasteiger partial charge in [0.05, 0.1) is 0 Å². The molecule has 1 heterocycles. The number of anilines is 1. The Labute approximate surface area is 83.5 Å². The van der Waals surface area contributed by atoms with Crippen LogP contribution in [-0.2, 0) is 10.7 Å². The fraction of sp³-hybridized carbons (Fsp3) is 0.0909. The third-order valence-corrected chi connectivity index (χ3v) is 4.41. The molecule has 0 aliphatic carbocycles. The van der Waals surface area contributed by atoms with Crippen molar-refractivity contribution in [2.24, 2.45) is 0 Å². The Balaban J connectivity index is 2.19. The van der Waals surface area contributed by atoms with Gasteiger partial charge in [-0.05, 0) is 29.3 Å². The summed E-state index contributed by atoms with van der Waals surface area (Å²) in [6.07, 6.45) is 4.29. The van der Waals surface area contributed by atoms with Crippen molar-refractivity contribution in [3.8, 4) is 0 Å². The largest absolute Gasteiger partial charge is 0.399 e. The van der Waals surface area contributed by atoms with Crippen LogP contribution in [0.5, 0.6) is 0 Å². The number of nitrogens with two attached hydrogens (primary N) is 1. The van der Waals surface area contributed by atoms with Crippen molar-refractivity contribution in [2.45, 2.75) is 6.16 Å². The second-order valence-corrected chi connectivity index (χ2v) is 6.06. The minimum absolute atomic E-state index is 0.597. The van der Waals surface area contributed by atoms with Crippen molar-refractivity contribution < 1.29 is 4.57 Å². The van der Waals surface area contributed by atoms with E-state index in [4.69, 9.17) is 5.73 Å². The SMILES string of the molecule is Nc1ccc(CP2(=O)C=CC=C2)cc1. The van der Waals surface area contributed by atoms with Gasteiger partial charge in [0.2, 0.25) is 0 Å². The number of allylic oxidation sites excluding steroid dienone is 2. The van der Waals surface area contributed by atoms with Gasteiger partial charge in [0, 0.05) is 11.8 Å². The zero-order chi connectivity index (χ0) is 10.0. The van der Waals surface area contributed by atoms with Crippen LogP contribution in [0.3, 0.4) is 0 Å². The predicted molar refractivity (Wildman–Crippen MR) is 60.4 cm³/mol. The van der Waals surface area contributed by atoms with Crippen LogP contribution >= 0.6 is 7.14 Å². The molecule has 1 aromatic carbocycles. The third kappa shape index (κ3) is 1.97. The molecule has 1 aromatic rings. The lowest BCUT2D eigenvalue weighted by Gasteiger charge is -2.06. The lowest BCUT2D eigenvalue weighted by molar-refractivity contribution is 0.586. The number of hydrogen-bond donors (Lipinski definition) is 1. The van der Waals surface area contributed by atoms with E-state index in [1.54, 1.807) is 11.6 Å². The Hall–Kier alpha value is -1.27. The molecule has 1 aliphatic rings. The zero-order valence-corrected chi connectivity index (χ0v) is 8.65. The molecule has 2 nitrogen and oxygen atoms in total. The first kappa shape index (κ1) is 9.29. The van der Waals surface area contributed by atoms with Crippen molar-refractivity contribution in [1.29, 1.82) is 0 Å². The monoisotopic (exact) mass is 205 g/mol. The molecule has 72 valence electrons. The van der Waals surface area contributed by atoms with Gasteiger partial charge in [-0.1, -0.05) is 24.3 Å². The van der Waals surface area contributed by atoms with Gasteiger partial charge in [-0.3, -0.25) is 0 Å². The van der Waals surface area contributed by atoms with Crippen LogP contribution in [0.1, 0.15) is 5.56 Å². The van der Waals surface area contributed by atoms with Crippen LogP contribution in [0.25, 0.3) is 0 Å². The van der Waals surface area contributed by atoms with Gasteiger partial charge in [0.15, 0.2) is 0 Å². The molecule has 0 spiro atoms. The van der Waals surface area contributed by atoms with E-state index in [0.717, 1.165) is 11.3 Å². The van der Waals surface area contributed by atoms with Crippen molar-refractivity contribution in [1.82, 2.24) is 0 Å². The summed E-state index contributed by atoms with van der Waals surface area (Å²) in [5.41, 5.74) is 7.38. The first-order valence-electron chi connectivity index (χ1n) is 4.48. The van der Waals surface area contributed by atoms with Gasteiger partial charge in [0.1, 0.15) is 7.14 Å². The maximum Gasteiger partial charge on any atom is 0.133 e. The fourth-order valence-electron chi connectivity index (χ4n) is 1.45. The van der Waals surface area contributed by atoms with Crippen LogP contribution < -0.4 is 5.73 Å². The van der Waals surface area contributed by atoms with E-state index in [1.807, 2.05) is 36.4 Å². The van der Waals surface area contributed by atoms with Gasteiger partial charge in [-0.2, -0.15) is 0 Å². The van der Waals surface area contributed by atoms with E-state index in [9.17, 15) is 4.57 Å². The van der Waals surface area contributed by atoms with E-state index in [2.05, 4.69) is 0 Å². The van der Waals surface area contributed by atoms with Crippen LogP contribution in [0.15, 0.2) is 48.1 Å². The van der Waals surface area contributed by atoms with Crippen molar-refractivity contribution in [3.63, 3.8) is 0 Å². The number of benzene rings is 1. The molecule has 0 unspecified atom stereocenters. The molecule has 0 atom stereocenters. The summed E-state index contributed by atoms with van der Waals surface area (Å²) >= 11 is 0. The van der Waals surface area contributed by atoms with Crippen LogP contribution in [0, 0.1) is 0 Å². The maximum absolute atomic E-state index is 12.1. The average molecular weight is 205 g/mol. The highest BCUT2D eigenvalue weighted by atomic mass is 31.2. The minimum Gasteiger partial charge on any atom is -0.399 e. The van der Waals surface area contributed by atoms with Crippen LogP contribution in [0.4, 0.5) is 5.69 Å². The Kier molecular flexibility index (Phi) is 2.30. The summed E-state index contributed by atoms with van der Waals surface area (Å²) in [5, 5.41) is 0. The Morgan fingerprint density at radius 3 is 2.21 bits per heavy atom. The van der Waals surface area contributed by atoms with Crippen molar-refractivity contribution in [2.75, 3.05) is 5.73 Å². The van der Waals surface area contributed by atoms with Crippen LogP contribution in [-0.4, -0.2) is 0 Å². The number of nitrogen functional groups attached to an aromatic ring is 1. The first-order valence-corrected chi connectivity index (χ1v) is 6.51. The Morgan fingerprint density at radius 2 is 1.64 bits per heavy atom. The molecule has 0 bridgehead atoms. The van der Waals surface area contributed by atoms with Gasteiger partial charge < -0.3 is 10.3 Å². The van der Waals surface area contributed by atoms with Gasteiger partial charge in [0.25, 0.3) is 0 Å². The molecule has 0 aromatic heterocycles. The summed E-state index contributed by atoms with van der Waals surface area (Å²) < 4.78 is 12.1. The molecule has 2 N–H and O–H groups in total. The molecule has 0 saturated carbocycles. The molecule has 0 radical (unpaired) electrons. The lowest BCUT2D eigenvalue weighted by Crippen LogP contribution is -1.86. The normalized spacial score (nSPS) is 17.4. The van der Waals surface area contributed by atoms with E-state index in [1.165, 1.54) is 0 Å². The predicted octanol–water partition coefficient (Wildman–Crippen LogP) is 3.17. The average Bonchev–Trinajstić information content (AvgIpc) is 2.57. The summed E-state index contributed by atoms with van der Waals surface area (Å²) in [7, 11) is -2.21. The summed E-state index contributed by atoms with van der Waals surface area (Å²) in [6, 6.07) is 7.53. The zero-order valence-electron chi connectivity index (χ0n) is 7.76.